The van der Waals surface area contributed by atoms with Gasteiger partial charge >= 0.3 is 0 Å². The summed E-state index contributed by atoms with van der Waals surface area (Å²) in [5, 5.41) is 11.2. The first kappa shape index (κ1) is 10.5. The number of nitrogens with zero attached hydrogens (tertiary/aromatic N) is 2. The van der Waals surface area contributed by atoms with Crippen LogP contribution in [0.5, 0.6) is 0 Å². The minimum absolute atomic E-state index is 0.606. The molecule has 0 aromatic carbocycles. The Labute approximate surface area is 91.1 Å². The highest BCUT2D eigenvalue weighted by molar-refractivity contribution is 5.32. The molecule has 1 aromatic rings. The number of hydrogen-bond acceptors (Lipinski definition) is 3. The van der Waals surface area contributed by atoms with E-state index < -0.39 is 0 Å². The summed E-state index contributed by atoms with van der Waals surface area (Å²) >= 11 is 0. The van der Waals surface area contributed by atoms with Gasteiger partial charge in [0.05, 0.1) is 0 Å². The molecule has 4 nitrogen and oxygen atoms in total. The first-order valence-corrected chi connectivity index (χ1v) is 5.81. The molecule has 0 saturated carbocycles. The zero-order valence-electron chi connectivity index (χ0n) is 9.37. The van der Waals surface area contributed by atoms with Gasteiger partial charge in [0.2, 0.25) is 0 Å². The molecule has 1 unspecified atom stereocenters. The molecule has 2 N–H and O–H groups in total. The van der Waals surface area contributed by atoms with E-state index >= 15 is 0 Å². The van der Waals surface area contributed by atoms with Gasteiger partial charge in [-0.2, -0.15) is 5.10 Å². The maximum Gasteiger partial charge on any atom is 0.148 e. The topological polar surface area (TPSA) is 41.9 Å². The molecule has 0 amide bonds. The van der Waals surface area contributed by atoms with Crippen LogP contribution in [0.25, 0.3) is 0 Å². The van der Waals surface area contributed by atoms with Crippen molar-refractivity contribution in [1.29, 1.82) is 0 Å². The molecule has 0 spiro atoms. The van der Waals surface area contributed by atoms with E-state index in [-0.39, 0.29) is 0 Å². The lowest BCUT2D eigenvalue weighted by atomic mass is 10.1. The smallest absolute Gasteiger partial charge is 0.148 e. The Morgan fingerprint density at radius 1 is 1.53 bits per heavy atom. The summed E-state index contributed by atoms with van der Waals surface area (Å²) in [6, 6.07) is 2.62. The van der Waals surface area contributed by atoms with Gasteiger partial charge in [-0.15, -0.1) is 0 Å². The van der Waals surface area contributed by atoms with Crippen LogP contribution >= 0.6 is 0 Å². The van der Waals surface area contributed by atoms with E-state index in [9.17, 15) is 0 Å². The minimum atomic E-state index is 0.606. The highest BCUT2D eigenvalue weighted by Crippen LogP contribution is 2.09. The Balaban J connectivity index is 1.76. The standard InChI is InChI=1S/C11H20N4/c1-15-8-6-11(14-15)13-9-10-5-3-2-4-7-12-10/h6,8,10,12H,2-5,7,9H2,1H3,(H,13,14). The fourth-order valence-corrected chi connectivity index (χ4v) is 2.01. The van der Waals surface area contributed by atoms with Crippen LogP contribution in [0.3, 0.4) is 0 Å². The van der Waals surface area contributed by atoms with Crippen molar-refractivity contribution >= 4 is 5.82 Å². The first-order chi connectivity index (χ1) is 7.34. The normalized spacial score (nSPS) is 22.3. The van der Waals surface area contributed by atoms with Crippen molar-refractivity contribution < 1.29 is 0 Å². The van der Waals surface area contributed by atoms with E-state index in [4.69, 9.17) is 0 Å². The molecule has 1 fully saturated rings. The molecule has 0 bridgehead atoms. The lowest BCUT2D eigenvalue weighted by Crippen LogP contribution is -2.34. The van der Waals surface area contributed by atoms with Crippen molar-refractivity contribution in [3.63, 3.8) is 0 Å². The van der Waals surface area contributed by atoms with Gasteiger partial charge in [-0.25, -0.2) is 0 Å². The maximum atomic E-state index is 4.30. The van der Waals surface area contributed by atoms with E-state index in [1.54, 1.807) is 0 Å². The number of anilines is 1. The van der Waals surface area contributed by atoms with E-state index in [1.165, 1.54) is 25.7 Å². The van der Waals surface area contributed by atoms with Gasteiger partial charge in [0.25, 0.3) is 0 Å². The van der Waals surface area contributed by atoms with Gasteiger partial charge in [0.1, 0.15) is 5.82 Å². The molecule has 1 atom stereocenters. The quantitative estimate of drug-likeness (QED) is 0.788. The van der Waals surface area contributed by atoms with E-state index in [0.29, 0.717) is 6.04 Å². The SMILES string of the molecule is Cn1ccc(NCC2CCCCCN2)n1. The van der Waals surface area contributed by atoms with Gasteiger partial charge in [-0.3, -0.25) is 4.68 Å². The molecule has 0 radical (unpaired) electrons. The summed E-state index contributed by atoms with van der Waals surface area (Å²) in [4.78, 5) is 0. The molecular weight excluding hydrogens is 188 g/mol. The average molecular weight is 208 g/mol. The van der Waals surface area contributed by atoms with Crippen LogP contribution in [0.4, 0.5) is 5.82 Å². The first-order valence-electron chi connectivity index (χ1n) is 5.81. The predicted molar refractivity (Wildman–Crippen MR) is 62.0 cm³/mol. The Morgan fingerprint density at radius 2 is 2.47 bits per heavy atom. The Morgan fingerprint density at radius 3 is 3.27 bits per heavy atom. The third-order valence-corrected chi connectivity index (χ3v) is 2.91. The van der Waals surface area contributed by atoms with Crippen molar-refractivity contribution in [3.8, 4) is 0 Å². The third kappa shape index (κ3) is 3.23. The predicted octanol–water partition coefficient (Wildman–Crippen LogP) is 1.36. The summed E-state index contributed by atoms with van der Waals surface area (Å²) < 4.78 is 1.82. The Hall–Kier alpha value is -1.03. The molecule has 84 valence electrons. The van der Waals surface area contributed by atoms with Gasteiger partial charge in [0, 0.05) is 31.9 Å². The largest absolute Gasteiger partial charge is 0.367 e. The maximum absolute atomic E-state index is 4.30. The van der Waals surface area contributed by atoms with Crippen LogP contribution in [0.15, 0.2) is 12.3 Å². The molecule has 2 heterocycles. The summed E-state index contributed by atoms with van der Waals surface area (Å²) in [6.07, 6.45) is 7.28. The molecular formula is C11H20N4. The van der Waals surface area contributed by atoms with Crippen LogP contribution in [-0.4, -0.2) is 28.9 Å². The fraction of sp³-hybridized carbons (Fsp3) is 0.727. The van der Waals surface area contributed by atoms with Crippen molar-refractivity contribution in [2.45, 2.75) is 31.7 Å². The van der Waals surface area contributed by atoms with Crippen LogP contribution in [0.2, 0.25) is 0 Å². The zero-order valence-corrected chi connectivity index (χ0v) is 9.37. The van der Waals surface area contributed by atoms with E-state index in [1.807, 2.05) is 24.0 Å². The molecule has 2 rings (SSSR count). The highest BCUT2D eigenvalue weighted by atomic mass is 15.3. The number of nitrogens with one attached hydrogen (secondary N) is 2. The second-order valence-corrected chi connectivity index (χ2v) is 4.26. The van der Waals surface area contributed by atoms with Crippen molar-refractivity contribution in [1.82, 2.24) is 15.1 Å². The summed E-state index contributed by atoms with van der Waals surface area (Å²) in [6.45, 7) is 2.14. The van der Waals surface area contributed by atoms with Crippen LogP contribution in [0, 0.1) is 0 Å². The molecule has 1 aliphatic rings. The van der Waals surface area contributed by atoms with Gasteiger partial charge in [0.15, 0.2) is 0 Å². The van der Waals surface area contributed by atoms with Gasteiger partial charge < -0.3 is 10.6 Å². The molecule has 4 heteroatoms. The van der Waals surface area contributed by atoms with E-state index in [0.717, 1.165) is 18.9 Å². The number of aromatic nitrogens is 2. The second-order valence-electron chi connectivity index (χ2n) is 4.26. The Kier molecular flexibility index (Phi) is 3.61. The molecule has 1 aromatic heterocycles. The minimum Gasteiger partial charge on any atom is -0.367 e. The van der Waals surface area contributed by atoms with Crippen LogP contribution in [-0.2, 0) is 7.05 Å². The second kappa shape index (κ2) is 5.16. The van der Waals surface area contributed by atoms with Crippen LogP contribution in [0.1, 0.15) is 25.7 Å². The highest BCUT2D eigenvalue weighted by Gasteiger charge is 2.10. The van der Waals surface area contributed by atoms with Crippen molar-refractivity contribution in [3.05, 3.63) is 12.3 Å². The molecule has 0 aliphatic carbocycles. The monoisotopic (exact) mass is 208 g/mol. The lowest BCUT2D eigenvalue weighted by molar-refractivity contribution is 0.529. The third-order valence-electron chi connectivity index (χ3n) is 2.91. The van der Waals surface area contributed by atoms with Gasteiger partial charge in [-0.05, 0) is 19.4 Å². The molecule has 1 aliphatic heterocycles. The summed E-state index contributed by atoms with van der Waals surface area (Å²) in [5.74, 6) is 0.976. The molecule has 15 heavy (non-hydrogen) atoms. The number of hydrogen-bond donors (Lipinski definition) is 2. The van der Waals surface area contributed by atoms with Crippen LogP contribution < -0.4 is 10.6 Å². The lowest BCUT2D eigenvalue weighted by Gasteiger charge is -2.15. The summed E-state index contributed by atoms with van der Waals surface area (Å²) in [5.41, 5.74) is 0. The average Bonchev–Trinajstić information content (AvgIpc) is 2.52. The fourth-order valence-electron chi connectivity index (χ4n) is 2.01. The number of rotatable bonds is 3. The summed E-state index contributed by atoms with van der Waals surface area (Å²) in [7, 11) is 1.94. The zero-order chi connectivity index (χ0) is 10.5. The van der Waals surface area contributed by atoms with Crippen molar-refractivity contribution in [2.75, 3.05) is 18.4 Å². The molecule has 1 saturated heterocycles. The van der Waals surface area contributed by atoms with Crippen molar-refractivity contribution in [2.24, 2.45) is 7.05 Å². The van der Waals surface area contributed by atoms with E-state index in [2.05, 4.69) is 15.7 Å². The Bertz CT molecular complexity index is 287. The number of aryl methyl sites for hydroxylation is 1. The van der Waals surface area contributed by atoms with Gasteiger partial charge in [-0.1, -0.05) is 12.8 Å².